The van der Waals surface area contributed by atoms with E-state index in [1.807, 2.05) is 18.7 Å². The zero-order chi connectivity index (χ0) is 10.3. The molecule has 1 amide bonds. The fourth-order valence-corrected chi connectivity index (χ4v) is 1.16. The van der Waals surface area contributed by atoms with Gasteiger partial charge in [-0.2, -0.15) is 5.26 Å². The number of amides is 1. The Kier molecular flexibility index (Phi) is 5.90. The molecule has 0 heterocycles. The fourth-order valence-electron chi connectivity index (χ4n) is 1.16. The molecule has 1 N–H and O–H groups in total. The van der Waals surface area contributed by atoms with Gasteiger partial charge in [-0.15, -0.1) is 0 Å². The van der Waals surface area contributed by atoms with Crippen molar-refractivity contribution in [2.24, 2.45) is 0 Å². The second kappa shape index (κ2) is 6.44. The summed E-state index contributed by atoms with van der Waals surface area (Å²) in [6, 6.07) is 1.84. The van der Waals surface area contributed by atoms with E-state index in [1.54, 1.807) is 7.05 Å². The van der Waals surface area contributed by atoms with Gasteiger partial charge in [0, 0.05) is 7.05 Å². The summed E-state index contributed by atoms with van der Waals surface area (Å²) in [5.41, 5.74) is 0. The fraction of sp³-hybridized carbons (Fsp3) is 0.778. The lowest BCUT2D eigenvalue weighted by Gasteiger charge is -2.24. The van der Waals surface area contributed by atoms with Crippen LogP contribution in [0.5, 0.6) is 0 Å². The van der Waals surface area contributed by atoms with Gasteiger partial charge in [-0.3, -0.25) is 9.69 Å². The number of hydrogen-bond donors (Lipinski definition) is 1. The Morgan fingerprint density at radius 2 is 2.31 bits per heavy atom. The molecule has 0 aromatic heterocycles. The summed E-state index contributed by atoms with van der Waals surface area (Å²) in [4.78, 5) is 13.1. The SMILES string of the molecule is CCCN(CC#N)C(C)C(=O)NC. The maximum Gasteiger partial charge on any atom is 0.236 e. The Bertz CT molecular complexity index is 198. The largest absolute Gasteiger partial charge is 0.358 e. The van der Waals surface area contributed by atoms with Crippen LogP contribution in [-0.2, 0) is 4.79 Å². The first-order chi connectivity index (χ1) is 6.17. The summed E-state index contributed by atoms with van der Waals surface area (Å²) in [7, 11) is 1.61. The monoisotopic (exact) mass is 183 g/mol. The molecular formula is C9H17N3O. The summed E-state index contributed by atoms with van der Waals surface area (Å²) < 4.78 is 0. The lowest BCUT2D eigenvalue weighted by molar-refractivity contribution is -0.125. The molecule has 0 spiro atoms. The molecule has 1 unspecified atom stereocenters. The molecule has 0 aromatic carbocycles. The van der Waals surface area contributed by atoms with Gasteiger partial charge in [0.05, 0.1) is 18.7 Å². The molecule has 74 valence electrons. The number of likely N-dealkylation sites (N-methyl/N-ethyl adjacent to an activating group) is 1. The first-order valence-electron chi connectivity index (χ1n) is 4.50. The second-order valence-electron chi connectivity index (χ2n) is 2.92. The van der Waals surface area contributed by atoms with Crippen LogP contribution in [-0.4, -0.2) is 37.0 Å². The highest BCUT2D eigenvalue weighted by molar-refractivity contribution is 5.80. The Morgan fingerprint density at radius 1 is 1.69 bits per heavy atom. The molecule has 13 heavy (non-hydrogen) atoms. The van der Waals surface area contributed by atoms with Crippen LogP contribution >= 0.6 is 0 Å². The maximum absolute atomic E-state index is 11.2. The Morgan fingerprint density at radius 3 is 2.69 bits per heavy atom. The zero-order valence-electron chi connectivity index (χ0n) is 8.50. The standard InChI is InChI=1S/C9H17N3O/c1-4-6-12(7-5-10)8(2)9(13)11-3/h8H,4,6-7H2,1-3H3,(H,11,13). The van der Waals surface area contributed by atoms with E-state index in [1.165, 1.54) is 0 Å². The Labute approximate surface area is 79.5 Å². The van der Waals surface area contributed by atoms with Crippen molar-refractivity contribution in [3.05, 3.63) is 0 Å². The molecule has 0 saturated carbocycles. The summed E-state index contributed by atoms with van der Waals surface area (Å²) >= 11 is 0. The van der Waals surface area contributed by atoms with E-state index in [-0.39, 0.29) is 11.9 Å². The van der Waals surface area contributed by atoms with Crippen molar-refractivity contribution in [2.75, 3.05) is 20.1 Å². The third-order valence-electron chi connectivity index (χ3n) is 1.96. The molecule has 0 fully saturated rings. The van der Waals surface area contributed by atoms with Crippen LogP contribution in [0.25, 0.3) is 0 Å². The third-order valence-corrected chi connectivity index (χ3v) is 1.96. The first-order valence-corrected chi connectivity index (χ1v) is 4.50. The van der Waals surface area contributed by atoms with Crippen molar-refractivity contribution >= 4 is 5.91 Å². The number of hydrogen-bond acceptors (Lipinski definition) is 3. The molecular weight excluding hydrogens is 166 g/mol. The van der Waals surface area contributed by atoms with E-state index >= 15 is 0 Å². The number of nitrogens with one attached hydrogen (secondary N) is 1. The molecule has 0 radical (unpaired) electrons. The van der Waals surface area contributed by atoms with Crippen LogP contribution in [0.1, 0.15) is 20.3 Å². The van der Waals surface area contributed by atoms with E-state index in [4.69, 9.17) is 5.26 Å². The van der Waals surface area contributed by atoms with Gasteiger partial charge in [0.2, 0.25) is 5.91 Å². The number of carbonyl (C=O) groups is 1. The van der Waals surface area contributed by atoms with Crippen LogP contribution in [0, 0.1) is 11.3 Å². The van der Waals surface area contributed by atoms with Gasteiger partial charge in [0.25, 0.3) is 0 Å². The first kappa shape index (κ1) is 11.9. The molecule has 0 aliphatic rings. The van der Waals surface area contributed by atoms with Crippen molar-refractivity contribution in [3.63, 3.8) is 0 Å². The van der Waals surface area contributed by atoms with Gasteiger partial charge in [0.1, 0.15) is 0 Å². The zero-order valence-corrected chi connectivity index (χ0v) is 8.50. The van der Waals surface area contributed by atoms with E-state index in [0.717, 1.165) is 13.0 Å². The average molecular weight is 183 g/mol. The molecule has 4 nitrogen and oxygen atoms in total. The van der Waals surface area contributed by atoms with Crippen LogP contribution < -0.4 is 5.32 Å². The van der Waals surface area contributed by atoms with Gasteiger partial charge in [-0.25, -0.2) is 0 Å². The highest BCUT2D eigenvalue weighted by atomic mass is 16.2. The maximum atomic E-state index is 11.2. The van der Waals surface area contributed by atoms with Gasteiger partial charge in [0.15, 0.2) is 0 Å². The van der Waals surface area contributed by atoms with E-state index < -0.39 is 0 Å². The lowest BCUT2D eigenvalue weighted by atomic mass is 10.2. The van der Waals surface area contributed by atoms with E-state index in [2.05, 4.69) is 11.4 Å². The normalized spacial score (nSPS) is 12.2. The molecule has 0 saturated heterocycles. The molecule has 0 aliphatic carbocycles. The quantitative estimate of drug-likeness (QED) is 0.626. The number of rotatable bonds is 5. The van der Waals surface area contributed by atoms with Gasteiger partial charge in [-0.1, -0.05) is 6.92 Å². The predicted octanol–water partition coefficient (Wildman–Crippen LogP) is 0.356. The minimum atomic E-state index is -0.218. The molecule has 0 rings (SSSR count). The van der Waals surface area contributed by atoms with Gasteiger partial charge < -0.3 is 5.32 Å². The summed E-state index contributed by atoms with van der Waals surface area (Å²) in [6.45, 7) is 4.93. The smallest absolute Gasteiger partial charge is 0.236 e. The minimum absolute atomic E-state index is 0.0382. The summed E-state index contributed by atoms with van der Waals surface area (Å²) in [6.07, 6.45) is 0.947. The van der Waals surface area contributed by atoms with Gasteiger partial charge >= 0.3 is 0 Å². The predicted molar refractivity (Wildman–Crippen MR) is 51.0 cm³/mol. The van der Waals surface area contributed by atoms with Crippen molar-refractivity contribution in [3.8, 4) is 6.07 Å². The van der Waals surface area contributed by atoms with Crippen molar-refractivity contribution < 1.29 is 4.79 Å². The van der Waals surface area contributed by atoms with Crippen LogP contribution in [0.2, 0.25) is 0 Å². The second-order valence-corrected chi connectivity index (χ2v) is 2.92. The van der Waals surface area contributed by atoms with Crippen molar-refractivity contribution in [1.29, 1.82) is 5.26 Å². The number of nitriles is 1. The minimum Gasteiger partial charge on any atom is -0.358 e. The molecule has 0 bridgehead atoms. The van der Waals surface area contributed by atoms with E-state index in [0.29, 0.717) is 6.54 Å². The molecule has 4 heteroatoms. The Hall–Kier alpha value is -1.08. The average Bonchev–Trinajstić information content (AvgIpc) is 2.15. The number of carbonyl (C=O) groups excluding carboxylic acids is 1. The highest BCUT2D eigenvalue weighted by Gasteiger charge is 2.18. The van der Waals surface area contributed by atoms with Crippen LogP contribution in [0.4, 0.5) is 0 Å². The molecule has 0 aliphatic heterocycles. The molecule has 0 aromatic rings. The van der Waals surface area contributed by atoms with Crippen LogP contribution in [0.3, 0.4) is 0 Å². The summed E-state index contributed by atoms with van der Waals surface area (Å²) in [5.74, 6) is -0.0382. The van der Waals surface area contributed by atoms with Crippen molar-refractivity contribution in [2.45, 2.75) is 26.3 Å². The van der Waals surface area contributed by atoms with E-state index in [9.17, 15) is 4.79 Å². The highest BCUT2D eigenvalue weighted by Crippen LogP contribution is 1.99. The lowest BCUT2D eigenvalue weighted by Crippen LogP contribution is -2.44. The van der Waals surface area contributed by atoms with Crippen molar-refractivity contribution in [1.82, 2.24) is 10.2 Å². The summed E-state index contributed by atoms with van der Waals surface area (Å²) in [5, 5.41) is 11.1. The third kappa shape index (κ3) is 3.90. The van der Waals surface area contributed by atoms with Crippen LogP contribution in [0.15, 0.2) is 0 Å². The topological polar surface area (TPSA) is 56.1 Å². The number of nitrogens with zero attached hydrogens (tertiary/aromatic N) is 2. The molecule has 1 atom stereocenters. The van der Waals surface area contributed by atoms with Gasteiger partial charge in [-0.05, 0) is 19.9 Å². The Balaban J connectivity index is 4.19.